The van der Waals surface area contributed by atoms with Gasteiger partial charge < -0.3 is 15.6 Å². The summed E-state index contributed by atoms with van der Waals surface area (Å²) in [5, 5.41) is 8.75. The highest BCUT2D eigenvalue weighted by molar-refractivity contribution is 5.81. The standard InChI is InChI=1S/C10H11F2NO3/c1-16-7-4-2-6(3-5-7)10(13,8(11)12)9(14)15/h2-5,8H,13H2,1H3,(H,14,15). The van der Waals surface area contributed by atoms with Crippen LogP contribution >= 0.6 is 0 Å². The second-order valence-corrected chi connectivity index (χ2v) is 3.20. The monoisotopic (exact) mass is 231 g/mol. The third-order valence-electron chi connectivity index (χ3n) is 2.27. The number of carbonyl (C=O) groups is 1. The Morgan fingerprint density at radius 3 is 2.25 bits per heavy atom. The van der Waals surface area contributed by atoms with Gasteiger partial charge in [0.25, 0.3) is 6.43 Å². The third kappa shape index (κ3) is 1.96. The van der Waals surface area contributed by atoms with E-state index < -0.39 is 17.9 Å². The van der Waals surface area contributed by atoms with Crippen molar-refractivity contribution in [2.75, 3.05) is 7.11 Å². The average molecular weight is 231 g/mol. The first-order valence-corrected chi connectivity index (χ1v) is 4.38. The van der Waals surface area contributed by atoms with E-state index in [1.165, 1.54) is 31.4 Å². The Morgan fingerprint density at radius 2 is 1.94 bits per heavy atom. The van der Waals surface area contributed by atoms with Crippen molar-refractivity contribution >= 4 is 5.97 Å². The van der Waals surface area contributed by atoms with E-state index in [2.05, 4.69) is 0 Å². The first-order valence-electron chi connectivity index (χ1n) is 4.38. The van der Waals surface area contributed by atoms with E-state index in [0.717, 1.165) is 0 Å². The van der Waals surface area contributed by atoms with Crippen LogP contribution in [0.25, 0.3) is 0 Å². The smallest absolute Gasteiger partial charge is 0.334 e. The van der Waals surface area contributed by atoms with Crippen LogP contribution in [-0.4, -0.2) is 24.6 Å². The van der Waals surface area contributed by atoms with Crippen LogP contribution in [0.3, 0.4) is 0 Å². The second-order valence-electron chi connectivity index (χ2n) is 3.20. The van der Waals surface area contributed by atoms with Crippen LogP contribution in [0.2, 0.25) is 0 Å². The molecule has 0 saturated carbocycles. The second kappa shape index (κ2) is 4.44. The normalized spacial score (nSPS) is 14.6. The molecule has 0 amide bonds. The molecule has 0 saturated heterocycles. The van der Waals surface area contributed by atoms with Gasteiger partial charge in [-0.25, -0.2) is 13.6 Å². The van der Waals surface area contributed by atoms with E-state index in [9.17, 15) is 13.6 Å². The summed E-state index contributed by atoms with van der Waals surface area (Å²) in [6, 6.07) is 5.17. The number of carboxylic acid groups (broad SMARTS) is 1. The Hall–Kier alpha value is -1.69. The zero-order valence-corrected chi connectivity index (χ0v) is 8.48. The zero-order chi connectivity index (χ0) is 12.3. The van der Waals surface area contributed by atoms with E-state index in [1.54, 1.807) is 0 Å². The van der Waals surface area contributed by atoms with Crippen molar-refractivity contribution in [1.82, 2.24) is 0 Å². The van der Waals surface area contributed by atoms with Crippen molar-refractivity contribution < 1.29 is 23.4 Å². The van der Waals surface area contributed by atoms with Gasteiger partial charge in [-0.3, -0.25) is 0 Å². The number of nitrogens with two attached hydrogens (primary N) is 1. The van der Waals surface area contributed by atoms with Gasteiger partial charge in [0.15, 0.2) is 0 Å². The maximum atomic E-state index is 12.7. The van der Waals surface area contributed by atoms with Gasteiger partial charge in [-0.1, -0.05) is 12.1 Å². The molecule has 1 rings (SSSR count). The molecule has 0 fully saturated rings. The summed E-state index contributed by atoms with van der Waals surface area (Å²) >= 11 is 0. The molecule has 1 unspecified atom stereocenters. The highest BCUT2D eigenvalue weighted by Crippen LogP contribution is 2.27. The Kier molecular flexibility index (Phi) is 3.44. The number of hydrogen-bond donors (Lipinski definition) is 2. The van der Waals surface area contributed by atoms with E-state index >= 15 is 0 Å². The van der Waals surface area contributed by atoms with Gasteiger partial charge in [0.1, 0.15) is 5.75 Å². The summed E-state index contributed by atoms with van der Waals surface area (Å²) in [7, 11) is 1.41. The minimum absolute atomic E-state index is 0.171. The zero-order valence-electron chi connectivity index (χ0n) is 8.48. The number of carboxylic acids is 1. The molecule has 1 atom stereocenters. The molecule has 3 N–H and O–H groups in total. The number of ether oxygens (including phenoxy) is 1. The summed E-state index contributed by atoms with van der Waals surface area (Å²) in [4.78, 5) is 10.8. The molecule has 0 aliphatic heterocycles. The minimum atomic E-state index is -3.20. The number of halogens is 2. The first-order chi connectivity index (χ1) is 7.42. The summed E-state index contributed by atoms with van der Waals surface area (Å²) in [6.45, 7) is 0. The van der Waals surface area contributed by atoms with Crippen LogP contribution in [0, 0.1) is 0 Å². The average Bonchev–Trinajstić information content (AvgIpc) is 2.27. The van der Waals surface area contributed by atoms with Gasteiger partial charge >= 0.3 is 5.97 Å². The highest BCUT2D eigenvalue weighted by atomic mass is 19.3. The molecule has 1 aromatic carbocycles. The van der Waals surface area contributed by atoms with Gasteiger partial charge in [0, 0.05) is 0 Å². The van der Waals surface area contributed by atoms with Crippen LogP contribution in [0.1, 0.15) is 5.56 Å². The molecule has 0 bridgehead atoms. The van der Waals surface area contributed by atoms with Crippen molar-refractivity contribution in [1.29, 1.82) is 0 Å². The topological polar surface area (TPSA) is 72.5 Å². The highest BCUT2D eigenvalue weighted by Gasteiger charge is 2.45. The Morgan fingerprint density at radius 1 is 1.44 bits per heavy atom. The van der Waals surface area contributed by atoms with Gasteiger partial charge in [-0.15, -0.1) is 0 Å². The van der Waals surface area contributed by atoms with Gasteiger partial charge in [-0.2, -0.15) is 0 Å². The maximum absolute atomic E-state index is 12.7. The number of aliphatic carboxylic acids is 1. The fraction of sp³-hybridized carbons (Fsp3) is 0.300. The first kappa shape index (κ1) is 12.4. The number of alkyl halides is 2. The van der Waals surface area contributed by atoms with Crippen molar-refractivity contribution in [3.8, 4) is 5.75 Å². The summed E-state index contributed by atoms with van der Waals surface area (Å²) in [5.41, 5.74) is 2.35. The lowest BCUT2D eigenvalue weighted by molar-refractivity contribution is -0.150. The molecule has 0 radical (unpaired) electrons. The van der Waals surface area contributed by atoms with Gasteiger partial charge in [0.2, 0.25) is 5.54 Å². The summed E-state index contributed by atoms with van der Waals surface area (Å²) in [6.07, 6.45) is -3.20. The Bertz CT molecular complexity index is 380. The molecule has 4 nitrogen and oxygen atoms in total. The molecule has 6 heteroatoms. The van der Waals surface area contributed by atoms with Crippen molar-refractivity contribution in [2.45, 2.75) is 12.0 Å². The minimum Gasteiger partial charge on any atom is -0.497 e. The lowest BCUT2D eigenvalue weighted by atomic mass is 9.91. The van der Waals surface area contributed by atoms with Crippen molar-refractivity contribution in [3.63, 3.8) is 0 Å². The maximum Gasteiger partial charge on any atom is 0.334 e. The molecule has 88 valence electrons. The molecule has 0 aliphatic rings. The summed E-state index contributed by atoms with van der Waals surface area (Å²) < 4.78 is 30.2. The molecular weight excluding hydrogens is 220 g/mol. The van der Waals surface area contributed by atoms with Crippen LogP contribution in [0.5, 0.6) is 5.75 Å². The SMILES string of the molecule is COc1ccc(C(N)(C(=O)O)C(F)F)cc1. The van der Waals surface area contributed by atoms with Crippen LogP contribution < -0.4 is 10.5 Å². The predicted octanol–water partition coefficient (Wildman–Crippen LogP) is 1.20. The molecule has 0 aromatic heterocycles. The molecule has 1 aromatic rings. The molecular formula is C10H11F2NO3. The molecule has 0 spiro atoms. The lowest BCUT2D eigenvalue weighted by Gasteiger charge is -2.24. The number of rotatable bonds is 4. The fourth-order valence-corrected chi connectivity index (χ4v) is 1.21. The lowest BCUT2D eigenvalue weighted by Crippen LogP contribution is -2.51. The van der Waals surface area contributed by atoms with Crippen LogP contribution in [0.15, 0.2) is 24.3 Å². The van der Waals surface area contributed by atoms with E-state index in [0.29, 0.717) is 5.75 Å². The van der Waals surface area contributed by atoms with Crippen molar-refractivity contribution in [2.24, 2.45) is 5.73 Å². The van der Waals surface area contributed by atoms with E-state index in [1.807, 2.05) is 0 Å². The van der Waals surface area contributed by atoms with E-state index in [4.69, 9.17) is 15.6 Å². The summed E-state index contributed by atoms with van der Waals surface area (Å²) in [5.74, 6) is -1.33. The quantitative estimate of drug-likeness (QED) is 0.816. The Balaban J connectivity index is 3.17. The Labute approximate surface area is 90.6 Å². The molecule has 0 aliphatic carbocycles. The number of hydrogen-bond acceptors (Lipinski definition) is 3. The van der Waals surface area contributed by atoms with Crippen LogP contribution in [0.4, 0.5) is 8.78 Å². The van der Waals surface area contributed by atoms with E-state index in [-0.39, 0.29) is 5.56 Å². The predicted molar refractivity (Wildman–Crippen MR) is 52.5 cm³/mol. The fourth-order valence-electron chi connectivity index (χ4n) is 1.21. The van der Waals surface area contributed by atoms with Gasteiger partial charge in [-0.05, 0) is 17.7 Å². The van der Waals surface area contributed by atoms with Gasteiger partial charge in [0.05, 0.1) is 7.11 Å². The number of methoxy groups -OCH3 is 1. The molecule has 0 heterocycles. The largest absolute Gasteiger partial charge is 0.497 e. The third-order valence-corrected chi connectivity index (χ3v) is 2.27. The van der Waals surface area contributed by atoms with Crippen molar-refractivity contribution in [3.05, 3.63) is 29.8 Å². The van der Waals surface area contributed by atoms with Crippen LogP contribution in [-0.2, 0) is 10.3 Å². The molecule has 16 heavy (non-hydrogen) atoms. The number of benzene rings is 1.